The quantitative estimate of drug-likeness (QED) is 0.527. The number of piperidine rings is 1. The molecule has 0 bridgehead atoms. The Hall–Kier alpha value is -3.44. The van der Waals surface area contributed by atoms with Crippen LogP contribution in [0.4, 0.5) is 0 Å². The van der Waals surface area contributed by atoms with Crippen LogP contribution < -0.4 is 0 Å². The molecule has 186 valence electrons. The fourth-order valence-corrected chi connectivity index (χ4v) is 5.55. The molecule has 2 saturated heterocycles. The van der Waals surface area contributed by atoms with E-state index in [1.807, 2.05) is 41.0 Å². The number of piperazine rings is 1. The summed E-state index contributed by atoms with van der Waals surface area (Å²) in [5.74, 6) is 0.341. The van der Waals surface area contributed by atoms with Crippen LogP contribution in [-0.2, 0) is 4.79 Å². The van der Waals surface area contributed by atoms with Crippen LogP contribution in [0.3, 0.4) is 0 Å². The van der Waals surface area contributed by atoms with Gasteiger partial charge in [-0.2, -0.15) is 0 Å². The molecule has 2 heterocycles. The SMILES string of the molecule is Cc1ccc(C(=O)N2CCC(C(=O)N3CCN(C(c4ccccc4)c4ccccc4)CC3)CC2)cc1. The molecule has 2 fully saturated rings. The van der Waals surface area contributed by atoms with Crippen LogP contribution in [0.15, 0.2) is 84.9 Å². The molecule has 2 aliphatic rings. The van der Waals surface area contributed by atoms with E-state index in [4.69, 9.17) is 0 Å². The van der Waals surface area contributed by atoms with Crippen molar-refractivity contribution in [3.8, 4) is 0 Å². The number of likely N-dealkylation sites (tertiary alicyclic amines) is 1. The summed E-state index contributed by atoms with van der Waals surface area (Å²) in [5.41, 5.74) is 4.45. The maximum Gasteiger partial charge on any atom is 0.253 e. The van der Waals surface area contributed by atoms with Gasteiger partial charge in [-0.1, -0.05) is 78.4 Å². The number of carbonyl (C=O) groups excluding carboxylic acids is 2. The fourth-order valence-electron chi connectivity index (χ4n) is 5.55. The number of benzene rings is 3. The molecule has 0 aliphatic carbocycles. The van der Waals surface area contributed by atoms with Crippen LogP contribution in [0.25, 0.3) is 0 Å². The smallest absolute Gasteiger partial charge is 0.253 e. The Morgan fingerprint density at radius 2 is 1.19 bits per heavy atom. The number of aryl methyl sites for hydroxylation is 1. The highest BCUT2D eigenvalue weighted by Crippen LogP contribution is 2.30. The fraction of sp³-hybridized carbons (Fsp3) is 0.355. The first kappa shape index (κ1) is 24.3. The Bertz CT molecular complexity index is 1110. The lowest BCUT2D eigenvalue weighted by Crippen LogP contribution is -2.52. The van der Waals surface area contributed by atoms with Gasteiger partial charge < -0.3 is 9.80 Å². The maximum atomic E-state index is 13.4. The Labute approximate surface area is 214 Å². The molecule has 5 rings (SSSR count). The van der Waals surface area contributed by atoms with Crippen molar-refractivity contribution in [1.29, 1.82) is 0 Å². The summed E-state index contributed by atoms with van der Waals surface area (Å²) in [7, 11) is 0. The molecule has 0 N–H and O–H groups in total. The molecule has 0 radical (unpaired) electrons. The van der Waals surface area contributed by atoms with Crippen molar-refractivity contribution in [2.45, 2.75) is 25.8 Å². The Balaban J connectivity index is 1.17. The zero-order valence-electron chi connectivity index (χ0n) is 21.1. The Morgan fingerprint density at radius 3 is 1.72 bits per heavy atom. The number of hydrogen-bond donors (Lipinski definition) is 0. The largest absolute Gasteiger partial charge is 0.340 e. The van der Waals surface area contributed by atoms with Crippen LogP contribution in [0.2, 0.25) is 0 Å². The van der Waals surface area contributed by atoms with Gasteiger partial charge in [0.25, 0.3) is 5.91 Å². The number of hydrogen-bond acceptors (Lipinski definition) is 3. The monoisotopic (exact) mass is 481 g/mol. The second-order valence-corrected chi connectivity index (χ2v) is 10.0. The maximum absolute atomic E-state index is 13.4. The normalized spacial score (nSPS) is 17.4. The first-order valence-electron chi connectivity index (χ1n) is 13.1. The molecule has 5 heteroatoms. The minimum absolute atomic E-state index is 0.0117. The molecule has 0 atom stereocenters. The molecule has 0 unspecified atom stereocenters. The van der Waals surface area contributed by atoms with Gasteiger partial charge in [0.2, 0.25) is 5.91 Å². The van der Waals surface area contributed by atoms with Crippen molar-refractivity contribution in [3.63, 3.8) is 0 Å². The summed E-state index contributed by atoms with van der Waals surface area (Å²) in [4.78, 5) is 32.6. The summed E-state index contributed by atoms with van der Waals surface area (Å²) < 4.78 is 0. The number of amides is 2. The second-order valence-electron chi connectivity index (χ2n) is 10.0. The molecule has 36 heavy (non-hydrogen) atoms. The minimum atomic E-state index is 0.0117. The van der Waals surface area contributed by atoms with Crippen LogP contribution in [0, 0.1) is 12.8 Å². The van der Waals surface area contributed by atoms with Gasteiger partial charge in [0.15, 0.2) is 0 Å². The van der Waals surface area contributed by atoms with Crippen molar-refractivity contribution in [2.24, 2.45) is 5.92 Å². The average molecular weight is 482 g/mol. The van der Waals surface area contributed by atoms with Gasteiger partial charge in [-0.15, -0.1) is 0 Å². The molecule has 0 aromatic heterocycles. The van der Waals surface area contributed by atoms with Gasteiger partial charge in [-0.3, -0.25) is 14.5 Å². The number of carbonyl (C=O) groups is 2. The summed E-state index contributed by atoms with van der Waals surface area (Å²) >= 11 is 0. The Morgan fingerprint density at radius 1 is 0.667 bits per heavy atom. The van der Waals surface area contributed by atoms with Gasteiger partial charge in [-0.25, -0.2) is 0 Å². The molecule has 0 saturated carbocycles. The molecular weight excluding hydrogens is 446 g/mol. The number of nitrogens with zero attached hydrogens (tertiary/aromatic N) is 3. The summed E-state index contributed by atoms with van der Waals surface area (Å²) in [6.45, 7) is 6.51. The summed E-state index contributed by atoms with van der Waals surface area (Å²) in [6, 6.07) is 29.2. The van der Waals surface area contributed by atoms with E-state index >= 15 is 0 Å². The van der Waals surface area contributed by atoms with E-state index in [1.165, 1.54) is 11.1 Å². The summed E-state index contributed by atoms with van der Waals surface area (Å²) in [6.07, 6.45) is 1.49. The highest BCUT2D eigenvalue weighted by molar-refractivity contribution is 5.94. The van der Waals surface area contributed by atoms with Crippen molar-refractivity contribution in [3.05, 3.63) is 107 Å². The van der Waals surface area contributed by atoms with Crippen molar-refractivity contribution in [1.82, 2.24) is 14.7 Å². The first-order chi connectivity index (χ1) is 17.6. The first-order valence-corrected chi connectivity index (χ1v) is 13.1. The lowest BCUT2D eigenvalue weighted by Gasteiger charge is -2.41. The van der Waals surface area contributed by atoms with Crippen LogP contribution >= 0.6 is 0 Å². The lowest BCUT2D eigenvalue weighted by molar-refractivity contribution is -0.139. The van der Waals surface area contributed by atoms with E-state index in [9.17, 15) is 9.59 Å². The molecule has 2 amide bonds. The van der Waals surface area contributed by atoms with Gasteiger partial charge in [0.1, 0.15) is 0 Å². The highest BCUT2D eigenvalue weighted by atomic mass is 16.2. The van der Waals surface area contributed by atoms with Crippen LogP contribution in [-0.4, -0.2) is 65.8 Å². The minimum Gasteiger partial charge on any atom is -0.340 e. The molecular formula is C31H35N3O2. The van der Waals surface area contributed by atoms with Gasteiger partial charge in [-0.05, 0) is 43.0 Å². The highest BCUT2D eigenvalue weighted by Gasteiger charge is 2.33. The van der Waals surface area contributed by atoms with E-state index in [2.05, 4.69) is 65.6 Å². The molecule has 3 aromatic rings. The van der Waals surface area contributed by atoms with Crippen molar-refractivity contribution in [2.75, 3.05) is 39.3 Å². The van der Waals surface area contributed by atoms with Gasteiger partial charge in [0.05, 0.1) is 6.04 Å². The zero-order valence-corrected chi connectivity index (χ0v) is 21.1. The lowest BCUT2D eigenvalue weighted by atomic mass is 9.93. The zero-order chi connectivity index (χ0) is 24.9. The van der Waals surface area contributed by atoms with E-state index in [-0.39, 0.29) is 23.8 Å². The average Bonchev–Trinajstić information content (AvgIpc) is 2.94. The van der Waals surface area contributed by atoms with E-state index in [0.717, 1.165) is 50.1 Å². The van der Waals surface area contributed by atoms with E-state index in [1.54, 1.807) is 0 Å². The van der Waals surface area contributed by atoms with E-state index < -0.39 is 0 Å². The van der Waals surface area contributed by atoms with Crippen LogP contribution in [0.1, 0.15) is 45.9 Å². The van der Waals surface area contributed by atoms with Crippen molar-refractivity contribution >= 4 is 11.8 Å². The summed E-state index contributed by atoms with van der Waals surface area (Å²) in [5, 5.41) is 0. The molecule has 2 aliphatic heterocycles. The third-order valence-electron chi connectivity index (χ3n) is 7.65. The predicted octanol–water partition coefficient (Wildman–Crippen LogP) is 4.78. The number of rotatable bonds is 5. The van der Waals surface area contributed by atoms with Gasteiger partial charge >= 0.3 is 0 Å². The predicted molar refractivity (Wildman–Crippen MR) is 143 cm³/mol. The Kier molecular flexibility index (Phi) is 7.47. The van der Waals surface area contributed by atoms with E-state index in [0.29, 0.717) is 13.1 Å². The topological polar surface area (TPSA) is 43.9 Å². The third-order valence-corrected chi connectivity index (χ3v) is 7.65. The third kappa shape index (κ3) is 5.36. The second kappa shape index (κ2) is 11.1. The van der Waals surface area contributed by atoms with Gasteiger partial charge in [0, 0.05) is 50.7 Å². The standard InChI is InChI=1S/C31H35N3O2/c1-24-12-14-27(15-13-24)30(35)33-18-16-28(17-19-33)31(36)34-22-20-32(21-23-34)29(25-8-4-2-5-9-25)26-10-6-3-7-11-26/h2-15,28-29H,16-23H2,1H3. The molecule has 0 spiro atoms. The molecule has 5 nitrogen and oxygen atoms in total. The molecule has 3 aromatic carbocycles. The van der Waals surface area contributed by atoms with Crippen molar-refractivity contribution < 1.29 is 9.59 Å². The van der Waals surface area contributed by atoms with Crippen LogP contribution in [0.5, 0.6) is 0 Å².